The first kappa shape index (κ1) is 15.5. The molecule has 1 aromatic rings. The van der Waals surface area contributed by atoms with Crippen molar-refractivity contribution < 1.29 is 0 Å². The van der Waals surface area contributed by atoms with Gasteiger partial charge in [0.05, 0.1) is 0 Å². The Labute approximate surface area is 124 Å². The van der Waals surface area contributed by atoms with Gasteiger partial charge in [-0.05, 0) is 37.3 Å². The molecule has 2 rings (SSSR count). The van der Waals surface area contributed by atoms with Gasteiger partial charge < -0.3 is 10.6 Å². The summed E-state index contributed by atoms with van der Waals surface area (Å²) in [6.07, 6.45) is 5.53. The second-order valence-electron chi connectivity index (χ2n) is 6.68. The molecule has 1 saturated carbocycles. The SMILES string of the molecule is CC(CN(C)C1CCCCC1C)C(N)c1ccccc1. The van der Waals surface area contributed by atoms with Gasteiger partial charge in [0.25, 0.3) is 0 Å². The zero-order chi connectivity index (χ0) is 14.5. The fourth-order valence-corrected chi connectivity index (χ4v) is 3.66. The standard InChI is InChI=1S/C18H30N2/c1-14-9-7-8-12-17(14)20(3)13-15(2)18(19)16-10-5-4-6-11-16/h4-6,10-11,14-15,17-18H,7-9,12-13,19H2,1-3H3. The van der Waals surface area contributed by atoms with E-state index >= 15 is 0 Å². The fraction of sp³-hybridized carbons (Fsp3) is 0.667. The van der Waals surface area contributed by atoms with Crippen molar-refractivity contribution in [2.45, 2.75) is 51.6 Å². The molecule has 0 aliphatic heterocycles. The Hall–Kier alpha value is -0.860. The predicted molar refractivity (Wildman–Crippen MR) is 86.6 cm³/mol. The monoisotopic (exact) mass is 274 g/mol. The highest BCUT2D eigenvalue weighted by Gasteiger charge is 2.27. The van der Waals surface area contributed by atoms with Crippen molar-refractivity contribution in [2.75, 3.05) is 13.6 Å². The summed E-state index contributed by atoms with van der Waals surface area (Å²) in [6, 6.07) is 11.4. The summed E-state index contributed by atoms with van der Waals surface area (Å²) in [5.41, 5.74) is 7.68. The van der Waals surface area contributed by atoms with Crippen LogP contribution in [0.5, 0.6) is 0 Å². The molecular weight excluding hydrogens is 244 g/mol. The molecule has 1 aromatic carbocycles. The zero-order valence-electron chi connectivity index (χ0n) is 13.3. The van der Waals surface area contributed by atoms with E-state index in [9.17, 15) is 0 Å². The molecule has 0 aromatic heterocycles. The number of hydrogen-bond donors (Lipinski definition) is 1. The first-order valence-corrected chi connectivity index (χ1v) is 8.10. The third kappa shape index (κ3) is 3.83. The minimum Gasteiger partial charge on any atom is -0.324 e. The lowest BCUT2D eigenvalue weighted by Crippen LogP contribution is -2.42. The van der Waals surface area contributed by atoms with Crippen LogP contribution in [-0.4, -0.2) is 24.5 Å². The summed E-state index contributed by atoms with van der Waals surface area (Å²) in [5, 5.41) is 0. The number of benzene rings is 1. The molecule has 1 fully saturated rings. The molecule has 4 atom stereocenters. The van der Waals surface area contributed by atoms with Crippen molar-refractivity contribution in [3.8, 4) is 0 Å². The lowest BCUT2D eigenvalue weighted by molar-refractivity contribution is 0.119. The van der Waals surface area contributed by atoms with E-state index in [1.54, 1.807) is 0 Å². The van der Waals surface area contributed by atoms with Crippen LogP contribution in [0.4, 0.5) is 0 Å². The van der Waals surface area contributed by atoms with Gasteiger partial charge in [-0.2, -0.15) is 0 Å². The minimum atomic E-state index is 0.137. The molecule has 0 spiro atoms. The Kier molecular flexibility index (Phi) is 5.62. The largest absolute Gasteiger partial charge is 0.324 e. The molecular formula is C18H30N2. The first-order valence-electron chi connectivity index (χ1n) is 8.10. The lowest BCUT2D eigenvalue weighted by Gasteiger charge is -2.38. The van der Waals surface area contributed by atoms with Crippen LogP contribution < -0.4 is 5.73 Å². The first-order chi connectivity index (χ1) is 9.59. The maximum absolute atomic E-state index is 6.42. The molecule has 112 valence electrons. The lowest BCUT2D eigenvalue weighted by atomic mass is 9.84. The average molecular weight is 274 g/mol. The van der Waals surface area contributed by atoms with Gasteiger partial charge >= 0.3 is 0 Å². The quantitative estimate of drug-likeness (QED) is 0.884. The van der Waals surface area contributed by atoms with Gasteiger partial charge in [0.15, 0.2) is 0 Å². The van der Waals surface area contributed by atoms with E-state index in [0.29, 0.717) is 5.92 Å². The molecule has 1 aliphatic rings. The Balaban J connectivity index is 1.91. The van der Waals surface area contributed by atoms with Gasteiger partial charge in [-0.25, -0.2) is 0 Å². The van der Waals surface area contributed by atoms with E-state index in [1.807, 2.05) is 0 Å². The third-order valence-corrected chi connectivity index (χ3v) is 5.01. The van der Waals surface area contributed by atoms with Gasteiger partial charge in [0, 0.05) is 18.6 Å². The van der Waals surface area contributed by atoms with Gasteiger partial charge in [-0.1, -0.05) is 57.0 Å². The maximum Gasteiger partial charge on any atom is 0.0333 e. The van der Waals surface area contributed by atoms with Crippen LogP contribution in [0.15, 0.2) is 30.3 Å². The second-order valence-corrected chi connectivity index (χ2v) is 6.68. The van der Waals surface area contributed by atoms with E-state index in [4.69, 9.17) is 5.73 Å². The zero-order valence-corrected chi connectivity index (χ0v) is 13.3. The van der Waals surface area contributed by atoms with E-state index < -0.39 is 0 Å². The summed E-state index contributed by atoms with van der Waals surface area (Å²) in [7, 11) is 2.28. The Bertz CT molecular complexity index is 390. The molecule has 1 aliphatic carbocycles. The summed E-state index contributed by atoms with van der Waals surface area (Å²) in [6.45, 7) is 5.77. The highest BCUT2D eigenvalue weighted by molar-refractivity contribution is 5.19. The third-order valence-electron chi connectivity index (χ3n) is 5.01. The van der Waals surface area contributed by atoms with Crippen LogP contribution in [0.3, 0.4) is 0 Å². The second kappa shape index (κ2) is 7.24. The van der Waals surface area contributed by atoms with Crippen LogP contribution in [0, 0.1) is 11.8 Å². The van der Waals surface area contributed by atoms with Crippen molar-refractivity contribution in [2.24, 2.45) is 17.6 Å². The molecule has 0 bridgehead atoms. The van der Waals surface area contributed by atoms with Crippen molar-refractivity contribution in [3.05, 3.63) is 35.9 Å². The van der Waals surface area contributed by atoms with E-state index in [-0.39, 0.29) is 6.04 Å². The van der Waals surface area contributed by atoms with Gasteiger partial charge in [0.2, 0.25) is 0 Å². The Morgan fingerprint density at radius 1 is 1.20 bits per heavy atom. The van der Waals surface area contributed by atoms with Gasteiger partial charge in [-0.3, -0.25) is 0 Å². The molecule has 2 heteroatoms. The van der Waals surface area contributed by atoms with Crippen molar-refractivity contribution in [3.63, 3.8) is 0 Å². The van der Waals surface area contributed by atoms with Crippen LogP contribution in [-0.2, 0) is 0 Å². The van der Waals surface area contributed by atoms with E-state index in [1.165, 1.54) is 31.2 Å². The minimum absolute atomic E-state index is 0.137. The number of rotatable bonds is 5. The summed E-state index contributed by atoms with van der Waals surface area (Å²) >= 11 is 0. The molecule has 20 heavy (non-hydrogen) atoms. The topological polar surface area (TPSA) is 29.3 Å². The van der Waals surface area contributed by atoms with Crippen molar-refractivity contribution >= 4 is 0 Å². The molecule has 0 heterocycles. The molecule has 0 amide bonds. The van der Waals surface area contributed by atoms with Crippen LogP contribution in [0.25, 0.3) is 0 Å². The smallest absolute Gasteiger partial charge is 0.0333 e. The van der Waals surface area contributed by atoms with E-state index in [0.717, 1.165) is 18.5 Å². The summed E-state index contributed by atoms with van der Waals surface area (Å²) < 4.78 is 0. The maximum atomic E-state index is 6.42. The molecule has 4 unspecified atom stereocenters. The molecule has 2 N–H and O–H groups in total. The van der Waals surface area contributed by atoms with Crippen LogP contribution in [0.2, 0.25) is 0 Å². The number of nitrogens with two attached hydrogens (primary N) is 1. The Morgan fingerprint density at radius 3 is 2.50 bits per heavy atom. The summed E-state index contributed by atoms with van der Waals surface area (Å²) in [4.78, 5) is 2.55. The van der Waals surface area contributed by atoms with Gasteiger partial charge in [0.1, 0.15) is 0 Å². The van der Waals surface area contributed by atoms with Gasteiger partial charge in [-0.15, -0.1) is 0 Å². The molecule has 0 radical (unpaired) electrons. The number of nitrogens with zero attached hydrogens (tertiary/aromatic N) is 1. The van der Waals surface area contributed by atoms with Crippen LogP contribution >= 0.6 is 0 Å². The normalized spacial score (nSPS) is 26.4. The predicted octanol–water partition coefficient (Wildman–Crippen LogP) is 3.83. The average Bonchev–Trinajstić information content (AvgIpc) is 2.47. The number of hydrogen-bond acceptors (Lipinski definition) is 2. The molecule has 0 saturated heterocycles. The van der Waals surface area contributed by atoms with Crippen LogP contribution in [0.1, 0.15) is 51.1 Å². The molecule has 2 nitrogen and oxygen atoms in total. The fourth-order valence-electron chi connectivity index (χ4n) is 3.66. The highest BCUT2D eigenvalue weighted by atomic mass is 15.1. The highest BCUT2D eigenvalue weighted by Crippen LogP contribution is 2.29. The van der Waals surface area contributed by atoms with E-state index in [2.05, 4.69) is 56.1 Å². The van der Waals surface area contributed by atoms with Crippen molar-refractivity contribution in [1.29, 1.82) is 0 Å². The Morgan fingerprint density at radius 2 is 1.85 bits per heavy atom. The summed E-state index contributed by atoms with van der Waals surface area (Å²) in [5.74, 6) is 1.31. The van der Waals surface area contributed by atoms with Crippen molar-refractivity contribution in [1.82, 2.24) is 4.90 Å².